The quantitative estimate of drug-likeness (QED) is 0.175. The van der Waals surface area contributed by atoms with Crippen molar-refractivity contribution in [1.29, 1.82) is 0 Å². The Morgan fingerprint density at radius 2 is 1.85 bits per heavy atom. The Labute approximate surface area is 236 Å². The Balaban J connectivity index is 0.00000260. The van der Waals surface area contributed by atoms with Crippen LogP contribution in [0.25, 0.3) is 5.57 Å². The van der Waals surface area contributed by atoms with Gasteiger partial charge in [0.2, 0.25) is 0 Å². The molecule has 3 unspecified atom stereocenters. The summed E-state index contributed by atoms with van der Waals surface area (Å²) < 4.78 is 29.4. The summed E-state index contributed by atoms with van der Waals surface area (Å²) in [6, 6.07) is 10.7. The smallest absolute Gasteiger partial charge is 0.303 e. The molecule has 1 aliphatic rings. The van der Waals surface area contributed by atoms with Crippen LogP contribution in [0.15, 0.2) is 90.1 Å². The Kier molecular flexibility index (Phi) is 12.5. The van der Waals surface area contributed by atoms with Crippen LogP contribution in [0, 0.1) is 18.7 Å². The summed E-state index contributed by atoms with van der Waals surface area (Å²) in [5.41, 5.74) is 4.46. The van der Waals surface area contributed by atoms with Crippen molar-refractivity contribution in [2.45, 2.75) is 73.4 Å². The van der Waals surface area contributed by atoms with E-state index in [0.29, 0.717) is 24.1 Å². The third-order valence-electron chi connectivity index (χ3n) is 6.84. The van der Waals surface area contributed by atoms with Gasteiger partial charge in [-0.2, -0.15) is 4.39 Å². The maximum absolute atomic E-state index is 14.8. The zero-order chi connectivity index (χ0) is 29.2. The van der Waals surface area contributed by atoms with E-state index in [4.69, 9.17) is 0 Å². The Morgan fingerprint density at radius 1 is 1.15 bits per heavy atom. The molecule has 0 radical (unpaired) electrons. The number of rotatable bonds is 10. The van der Waals surface area contributed by atoms with Crippen molar-refractivity contribution in [2.75, 3.05) is 5.32 Å². The molecule has 0 spiro atoms. The molecule has 3 atom stereocenters. The monoisotopic (exact) mass is 551 g/mol. The lowest BCUT2D eigenvalue weighted by Crippen LogP contribution is -2.23. The molecule has 2 nitrogen and oxygen atoms in total. The molecule has 2 aromatic rings. The van der Waals surface area contributed by atoms with Gasteiger partial charge < -0.3 is 10.4 Å². The third-order valence-corrected chi connectivity index (χ3v) is 7.99. The van der Waals surface area contributed by atoms with Crippen molar-refractivity contribution in [1.82, 2.24) is 0 Å². The molecule has 1 aliphatic heterocycles. The van der Waals surface area contributed by atoms with Crippen molar-refractivity contribution in [3.63, 3.8) is 0 Å². The summed E-state index contributed by atoms with van der Waals surface area (Å²) >= 11 is 0. The van der Waals surface area contributed by atoms with E-state index in [-0.39, 0.29) is 11.7 Å². The normalized spacial score (nSPS) is 19.0. The SMILES string of the molecule is C=C(C(=C\C=C/C)/C(=C(\C=CC)CCc1ccccc1F)c1c(C)ccc2c1NC(O)(F)P2)C(C)CC.CC. The van der Waals surface area contributed by atoms with Gasteiger partial charge in [0, 0.05) is 19.4 Å². The summed E-state index contributed by atoms with van der Waals surface area (Å²) in [7, 11) is -0.421. The van der Waals surface area contributed by atoms with E-state index in [9.17, 15) is 13.9 Å². The van der Waals surface area contributed by atoms with Gasteiger partial charge in [-0.1, -0.05) is 95.0 Å². The molecule has 0 saturated carbocycles. The van der Waals surface area contributed by atoms with Crippen molar-refractivity contribution in [2.24, 2.45) is 5.92 Å². The zero-order valence-corrected chi connectivity index (χ0v) is 25.5. The maximum Gasteiger partial charge on any atom is 0.303 e. The first-order chi connectivity index (χ1) is 18.6. The van der Waals surface area contributed by atoms with Gasteiger partial charge in [-0.3, -0.25) is 0 Å². The number of benzene rings is 2. The van der Waals surface area contributed by atoms with Crippen LogP contribution in [0.2, 0.25) is 0 Å². The van der Waals surface area contributed by atoms with Gasteiger partial charge in [0.25, 0.3) is 0 Å². The molecule has 2 aromatic carbocycles. The van der Waals surface area contributed by atoms with Crippen molar-refractivity contribution < 1.29 is 13.9 Å². The molecule has 0 saturated heterocycles. The van der Waals surface area contributed by atoms with Crippen molar-refractivity contribution >= 4 is 25.1 Å². The minimum Gasteiger partial charge on any atom is -0.342 e. The van der Waals surface area contributed by atoms with E-state index in [0.717, 1.165) is 45.1 Å². The molecule has 0 bridgehead atoms. The highest BCUT2D eigenvalue weighted by atomic mass is 31.1. The van der Waals surface area contributed by atoms with E-state index in [1.54, 1.807) is 6.07 Å². The second kappa shape index (κ2) is 15.1. The fraction of sp³-hybridized carbons (Fsp3) is 0.353. The molecular weight excluding hydrogens is 507 g/mol. The molecule has 0 amide bonds. The summed E-state index contributed by atoms with van der Waals surface area (Å²) in [5.74, 6) is -0.00495. The number of allylic oxidation sites excluding steroid dienone is 9. The first kappa shape index (κ1) is 32.4. The van der Waals surface area contributed by atoms with Crippen LogP contribution in [-0.4, -0.2) is 10.8 Å². The van der Waals surface area contributed by atoms with Crippen LogP contribution < -0.4 is 10.6 Å². The fourth-order valence-corrected chi connectivity index (χ4v) is 5.65. The minimum absolute atomic E-state index is 0.218. The van der Waals surface area contributed by atoms with Crippen LogP contribution in [0.3, 0.4) is 0 Å². The lowest BCUT2D eigenvalue weighted by Gasteiger charge is -2.25. The van der Waals surface area contributed by atoms with E-state index in [1.807, 2.05) is 77.1 Å². The van der Waals surface area contributed by atoms with Gasteiger partial charge in [-0.15, -0.1) is 0 Å². The molecule has 210 valence electrons. The predicted octanol–water partition coefficient (Wildman–Crippen LogP) is 9.53. The first-order valence-electron chi connectivity index (χ1n) is 13.9. The number of aryl methyl sites for hydroxylation is 2. The minimum atomic E-state index is -2.48. The van der Waals surface area contributed by atoms with Crippen LogP contribution >= 0.6 is 8.58 Å². The number of hydrogen-bond acceptors (Lipinski definition) is 2. The second-order valence-corrected chi connectivity index (χ2v) is 10.9. The predicted molar refractivity (Wildman–Crippen MR) is 168 cm³/mol. The van der Waals surface area contributed by atoms with Crippen LogP contribution in [-0.2, 0) is 6.42 Å². The van der Waals surface area contributed by atoms with E-state index in [2.05, 4.69) is 37.9 Å². The molecule has 3 rings (SSSR count). The number of alkyl halides is 1. The van der Waals surface area contributed by atoms with Gasteiger partial charge in [0.15, 0.2) is 0 Å². The standard InChI is InChI=1S/C32H38F2NOP.C2H6/c1-7-10-15-26(23(6)21(4)9-3)30(25(13-8-2)19-18-24-14-11-12-16-27(24)33)29-22(5)17-20-28-31(29)35-32(34,36)37-28;1-2/h7-8,10-17,20-21,35-37H,6,9,18-19H2,1-5H3;1-2H3/b10-7-,13-8?,26-15+,30-25-;. The van der Waals surface area contributed by atoms with E-state index in [1.165, 1.54) is 6.07 Å². The number of aliphatic hydroxyl groups is 1. The maximum atomic E-state index is 14.8. The first-order valence-corrected chi connectivity index (χ1v) is 14.9. The topological polar surface area (TPSA) is 32.3 Å². The second-order valence-electron chi connectivity index (χ2n) is 9.48. The third kappa shape index (κ3) is 8.10. The largest absolute Gasteiger partial charge is 0.342 e. The van der Waals surface area contributed by atoms with Crippen molar-refractivity contribution in [3.05, 3.63) is 113 Å². The van der Waals surface area contributed by atoms with Crippen LogP contribution in [0.1, 0.15) is 71.1 Å². The highest BCUT2D eigenvalue weighted by Crippen LogP contribution is 2.47. The number of halogens is 2. The molecule has 5 heteroatoms. The molecule has 39 heavy (non-hydrogen) atoms. The van der Waals surface area contributed by atoms with E-state index >= 15 is 0 Å². The lowest BCUT2D eigenvalue weighted by atomic mass is 9.80. The van der Waals surface area contributed by atoms with Gasteiger partial charge in [-0.05, 0) is 85.4 Å². The zero-order valence-electron chi connectivity index (χ0n) is 24.5. The van der Waals surface area contributed by atoms with Crippen LogP contribution in [0.5, 0.6) is 0 Å². The van der Waals surface area contributed by atoms with Crippen molar-refractivity contribution in [3.8, 4) is 0 Å². The van der Waals surface area contributed by atoms with E-state index < -0.39 is 14.3 Å². The summed E-state index contributed by atoms with van der Waals surface area (Å²) in [6.45, 7) is 18.7. The molecule has 2 N–H and O–H groups in total. The van der Waals surface area contributed by atoms with Crippen LogP contribution in [0.4, 0.5) is 14.5 Å². The average Bonchev–Trinajstić information content (AvgIpc) is 3.25. The highest BCUT2D eigenvalue weighted by Gasteiger charge is 2.37. The van der Waals surface area contributed by atoms with Gasteiger partial charge in [0.05, 0.1) is 5.69 Å². The number of nitrogens with one attached hydrogen (secondary N) is 1. The van der Waals surface area contributed by atoms with Gasteiger partial charge in [-0.25, -0.2) is 4.39 Å². The fourth-order valence-electron chi connectivity index (χ4n) is 4.63. The molecule has 0 aromatic heterocycles. The number of fused-ring (bicyclic) bond motifs is 1. The molecular formula is C34H44F2NOP. The Hall–Kier alpha value is -2.81. The number of anilines is 1. The highest BCUT2D eigenvalue weighted by molar-refractivity contribution is 7.49. The molecule has 0 fully saturated rings. The summed E-state index contributed by atoms with van der Waals surface area (Å²) in [6.07, 6.45) is 12.1. The molecule has 1 heterocycles. The van der Waals surface area contributed by atoms with Gasteiger partial charge in [0.1, 0.15) is 5.82 Å². The summed E-state index contributed by atoms with van der Waals surface area (Å²) in [5, 5.41) is 13.8. The van der Waals surface area contributed by atoms with Gasteiger partial charge >= 0.3 is 5.72 Å². The molecule has 0 aliphatic carbocycles. The Bertz CT molecular complexity index is 1270. The average molecular weight is 552 g/mol. The summed E-state index contributed by atoms with van der Waals surface area (Å²) in [4.78, 5) is 0. The Morgan fingerprint density at radius 3 is 2.46 bits per heavy atom. The lowest BCUT2D eigenvalue weighted by molar-refractivity contribution is 0.0306. The number of hydrogen-bond donors (Lipinski definition) is 2.